The minimum atomic E-state index is -0.795. The van der Waals surface area contributed by atoms with E-state index in [1.165, 1.54) is 5.01 Å². The van der Waals surface area contributed by atoms with E-state index in [-0.39, 0.29) is 36.3 Å². The van der Waals surface area contributed by atoms with Gasteiger partial charge in [-0.3, -0.25) is 14.4 Å². The number of rotatable bonds is 8. The molecule has 0 spiro atoms. The van der Waals surface area contributed by atoms with Gasteiger partial charge in [0.15, 0.2) is 6.61 Å². The van der Waals surface area contributed by atoms with Gasteiger partial charge in [-0.05, 0) is 68.2 Å². The van der Waals surface area contributed by atoms with Crippen LogP contribution >= 0.6 is 0 Å². The zero-order valence-corrected chi connectivity index (χ0v) is 21.8. The number of carbonyl (C=O) groups excluding carboxylic acids is 2. The molecule has 2 fully saturated rings. The van der Waals surface area contributed by atoms with Crippen molar-refractivity contribution in [1.82, 2.24) is 10.3 Å². The molecule has 1 unspecified atom stereocenters. The van der Waals surface area contributed by atoms with E-state index in [0.717, 1.165) is 42.4 Å². The Hall–Kier alpha value is -3.68. The second-order valence-corrected chi connectivity index (χ2v) is 11.1. The summed E-state index contributed by atoms with van der Waals surface area (Å²) in [6.07, 6.45) is 5.98. The molecule has 8 nitrogen and oxygen atoms in total. The van der Waals surface area contributed by atoms with E-state index >= 15 is 0 Å². The number of ether oxygens (including phenoxy) is 1. The summed E-state index contributed by atoms with van der Waals surface area (Å²) in [4.78, 5) is 37.7. The van der Waals surface area contributed by atoms with E-state index in [9.17, 15) is 19.5 Å². The molecule has 1 heterocycles. The van der Waals surface area contributed by atoms with E-state index in [1.54, 1.807) is 6.92 Å². The molecule has 0 aromatic heterocycles. The highest BCUT2D eigenvalue weighted by atomic mass is 16.5. The normalized spacial score (nSPS) is 24.6. The SMILES string of the molecule is C[C@]1(C(=O)O)CC[C@@H](NC(=O)C(c2ccc(CN3N=C(c4ccccc4)OCC3=O)cc2)C2CCCC2)C1. The summed E-state index contributed by atoms with van der Waals surface area (Å²) in [6.45, 7) is 2.02. The maximum absolute atomic E-state index is 13.5. The smallest absolute Gasteiger partial charge is 0.309 e. The highest BCUT2D eigenvalue weighted by Gasteiger charge is 2.43. The van der Waals surface area contributed by atoms with Crippen LogP contribution in [0, 0.1) is 11.3 Å². The first-order valence-corrected chi connectivity index (χ1v) is 13.5. The summed E-state index contributed by atoms with van der Waals surface area (Å²) in [5.74, 6) is -0.587. The molecule has 5 rings (SSSR count). The van der Waals surface area contributed by atoms with Gasteiger partial charge in [0.1, 0.15) is 0 Å². The van der Waals surface area contributed by atoms with Crippen molar-refractivity contribution in [2.24, 2.45) is 16.4 Å². The summed E-state index contributed by atoms with van der Waals surface area (Å²) in [7, 11) is 0. The molecule has 200 valence electrons. The Morgan fingerprint density at radius 1 is 1.11 bits per heavy atom. The van der Waals surface area contributed by atoms with Crippen LogP contribution < -0.4 is 5.32 Å². The molecule has 2 N–H and O–H groups in total. The Labute approximate surface area is 223 Å². The van der Waals surface area contributed by atoms with Gasteiger partial charge in [0.2, 0.25) is 11.8 Å². The molecule has 1 aliphatic heterocycles. The number of amides is 2. The van der Waals surface area contributed by atoms with Crippen molar-refractivity contribution in [3.05, 3.63) is 71.3 Å². The van der Waals surface area contributed by atoms with Crippen molar-refractivity contribution < 1.29 is 24.2 Å². The van der Waals surface area contributed by atoms with Crippen LogP contribution in [0.2, 0.25) is 0 Å². The summed E-state index contributed by atoms with van der Waals surface area (Å²) < 4.78 is 5.54. The van der Waals surface area contributed by atoms with Crippen molar-refractivity contribution in [1.29, 1.82) is 0 Å². The number of nitrogens with one attached hydrogen (secondary N) is 1. The van der Waals surface area contributed by atoms with Crippen LogP contribution in [-0.2, 0) is 25.7 Å². The van der Waals surface area contributed by atoms with Crippen LogP contribution in [0.4, 0.5) is 0 Å². The Balaban J connectivity index is 1.29. The molecule has 2 aromatic carbocycles. The number of carboxylic acid groups (broad SMARTS) is 1. The van der Waals surface area contributed by atoms with E-state index in [2.05, 4.69) is 10.4 Å². The van der Waals surface area contributed by atoms with Gasteiger partial charge >= 0.3 is 5.97 Å². The quantitative estimate of drug-likeness (QED) is 0.538. The molecular formula is C30H35N3O5. The number of aliphatic carboxylic acids is 1. The molecule has 8 heteroatoms. The number of nitrogens with zero attached hydrogens (tertiary/aromatic N) is 2. The third-order valence-corrected chi connectivity index (χ3v) is 8.28. The molecule has 0 bridgehead atoms. The third kappa shape index (κ3) is 5.59. The van der Waals surface area contributed by atoms with Gasteiger partial charge in [0, 0.05) is 11.6 Å². The fourth-order valence-electron chi connectivity index (χ4n) is 6.03. The summed E-state index contributed by atoms with van der Waals surface area (Å²) in [5, 5.41) is 18.6. The summed E-state index contributed by atoms with van der Waals surface area (Å²) in [6, 6.07) is 17.3. The number of benzene rings is 2. The summed E-state index contributed by atoms with van der Waals surface area (Å²) in [5.41, 5.74) is 1.91. The van der Waals surface area contributed by atoms with Gasteiger partial charge in [-0.15, -0.1) is 5.10 Å². The Bertz CT molecular complexity index is 1210. The first-order chi connectivity index (χ1) is 18.3. The molecule has 0 saturated heterocycles. The molecule has 2 saturated carbocycles. The van der Waals surface area contributed by atoms with Gasteiger partial charge in [-0.2, -0.15) is 0 Å². The lowest BCUT2D eigenvalue weighted by molar-refractivity contribution is -0.147. The first-order valence-electron chi connectivity index (χ1n) is 13.5. The van der Waals surface area contributed by atoms with Crippen molar-refractivity contribution in [3.63, 3.8) is 0 Å². The van der Waals surface area contributed by atoms with E-state index in [4.69, 9.17) is 4.74 Å². The molecular weight excluding hydrogens is 482 g/mol. The lowest BCUT2D eigenvalue weighted by Crippen LogP contribution is -2.40. The molecule has 2 amide bonds. The van der Waals surface area contributed by atoms with Crippen molar-refractivity contribution in [2.45, 2.75) is 70.4 Å². The summed E-state index contributed by atoms with van der Waals surface area (Å²) >= 11 is 0. The zero-order chi connectivity index (χ0) is 26.7. The molecule has 3 atom stereocenters. The van der Waals surface area contributed by atoms with Crippen LogP contribution in [0.15, 0.2) is 59.7 Å². The van der Waals surface area contributed by atoms with Crippen molar-refractivity contribution in [3.8, 4) is 0 Å². The molecule has 2 aliphatic carbocycles. The number of carboxylic acids is 1. The van der Waals surface area contributed by atoms with Gasteiger partial charge in [-0.25, -0.2) is 5.01 Å². The van der Waals surface area contributed by atoms with Gasteiger partial charge < -0.3 is 15.2 Å². The van der Waals surface area contributed by atoms with E-state index in [1.807, 2.05) is 54.6 Å². The number of hydrazone groups is 1. The van der Waals surface area contributed by atoms with E-state index in [0.29, 0.717) is 31.7 Å². The minimum Gasteiger partial charge on any atom is -0.481 e. The maximum atomic E-state index is 13.5. The topological polar surface area (TPSA) is 108 Å². The van der Waals surface area contributed by atoms with Crippen molar-refractivity contribution in [2.75, 3.05) is 6.61 Å². The van der Waals surface area contributed by atoms with Crippen molar-refractivity contribution >= 4 is 23.7 Å². The van der Waals surface area contributed by atoms with Crippen LogP contribution in [0.25, 0.3) is 0 Å². The predicted octanol–water partition coefficient (Wildman–Crippen LogP) is 4.44. The minimum absolute atomic E-state index is 0.00949. The highest BCUT2D eigenvalue weighted by molar-refractivity contribution is 5.97. The van der Waals surface area contributed by atoms with E-state index < -0.39 is 11.4 Å². The second-order valence-electron chi connectivity index (χ2n) is 11.1. The fourth-order valence-corrected chi connectivity index (χ4v) is 6.03. The largest absolute Gasteiger partial charge is 0.481 e. The number of hydrogen-bond donors (Lipinski definition) is 2. The monoisotopic (exact) mass is 517 g/mol. The average Bonchev–Trinajstić information content (AvgIpc) is 3.58. The second kappa shape index (κ2) is 11.0. The Morgan fingerprint density at radius 2 is 1.82 bits per heavy atom. The zero-order valence-electron chi connectivity index (χ0n) is 21.8. The van der Waals surface area contributed by atoms with Crippen LogP contribution in [0.1, 0.15) is 74.5 Å². The highest BCUT2D eigenvalue weighted by Crippen LogP contribution is 2.40. The number of hydrogen-bond acceptors (Lipinski definition) is 5. The van der Waals surface area contributed by atoms with Gasteiger partial charge in [0.25, 0.3) is 5.91 Å². The molecule has 2 aromatic rings. The molecule has 0 radical (unpaired) electrons. The fraction of sp³-hybridized carbons (Fsp3) is 0.467. The lowest BCUT2D eigenvalue weighted by atomic mass is 9.83. The lowest BCUT2D eigenvalue weighted by Gasteiger charge is -2.26. The van der Waals surface area contributed by atoms with Gasteiger partial charge in [0.05, 0.1) is 17.9 Å². The van der Waals surface area contributed by atoms with Crippen LogP contribution in [-0.4, -0.2) is 46.4 Å². The molecule has 38 heavy (non-hydrogen) atoms. The third-order valence-electron chi connectivity index (χ3n) is 8.28. The van der Waals surface area contributed by atoms with Crippen LogP contribution in [0.3, 0.4) is 0 Å². The maximum Gasteiger partial charge on any atom is 0.309 e. The average molecular weight is 518 g/mol. The first kappa shape index (κ1) is 25.9. The number of carbonyl (C=O) groups is 3. The standard InChI is InChI=1S/C30H35N3O5/c1-30(29(36)37)16-15-24(17-30)31-27(35)26(21-7-5-6-8-21)22-13-11-20(12-14-22)18-33-25(34)19-38-28(32-33)23-9-3-2-4-10-23/h2-4,9-14,21,24,26H,5-8,15-19H2,1H3,(H,31,35)(H,36,37)/t24-,26?,30+/m1/s1. The molecule has 3 aliphatic rings. The van der Waals surface area contributed by atoms with Gasteiger partial charge in [-0.1, -0.05) is 55.3 Å². The Kier molecular flexibility index (Phi) is 7.49. The van der Waals surface area contributed by atoms with Crippen LogP contribution in [0.5, 0.6) is 0 Å². The predicted molar refractivity (Wildman–Crippen MR) is 142 cm³/mol. The Morgan fingerprint density at radius 3 is 2.47 bits per heavy atom.